The summed E-state index contributed by atoms with van der Waals surface area (Å²) in [5, 5.41) is 6.82. The molecule has 0 spiro atoms. The zero-order chi connectivity index (χ0) is 27.7. The van der Waals surface area contributed by atoms with Gasteiger partial charge in [0.25, 0.3) is 5.91 Å². The van der Waals surface area contributed by atoms with Crippen molar-refractivity contribution >= 4 is 45.6 Å². The van der Waals surface area contributed by atoms with Crippen LogP contribution in [0.1, 0.15) is 23.6 Å². The average Bonchev–Trinajstić information content (AvgIpc) is 3.49. The number of alkyl halides is 3. The summed E-state index contributed by atoms with van der Waals surface area (Å²) >= 11 is 6.13. The fourth-order valence-corrected chi connectivity index (χ4v) is 4.83. The molecule has 0 radical (unpaired) electrons. The Morgan fingerprint density at radius 1 is 1.03 bits per heavy atom. The van der Waals surface area contributed by atoms with Crippen molar-refractivity contribution in [2.75, 3.05) is 0 Å². The number of hydrogen-bond donors (Lipinski definition) is 1. The summed E-state index contributed by atoms with van der Waals surface area (Å²) in [6.07, 6.45) is -5.55. The van der Waals surface area contributed by atoms with Crippen molar-refractivity contribution in [2.24, 2.45) is 0 Å². The van der Waals surface area contributed by atoms with Gasteiger partial charge in [0, 0.05) is 10.6 Å². The van der Waals surface area contributed by atoms with Crippen LogP contribution in [0.4, 0.5) is 18.0 Å². The molecule has 1 atom stereocenters. The number of nitrogens with zero attached hydrogens (tertiary/aromatic N) is 3. The van der Waals surface area contributed by atoms with Crippen LogP contribution in [-0.4, -0.2) is 26.3 Å². The van der Waals surface area contributed by atoms with Gasteiger partial charge in [0.1, 0.15) is 0 Å². The summed E-state index contributed by atoms with van der Waals surface area (Å²) in [6.45, 7) is 1.25. The van der Waals surface area contributed by atoms with Crippen molar-refractivity contribution in [1.29, 1.82) is 0 Å². The molecular weight excluding hydrogens is 541 g/mol. The number of alkyl carbamates (subject to hydrolysis) is 1. The monoisotopic (exact) mass is 556 g/mol. The topological polar surface area (TPSA) is 108 Å². The minimum absolute atomic E-state index is 0.00495. The predicted octanol–water partition coefficient (Wildman–Crippen LogP) is 5.14. The highest BCUT2D eigenvalue weighted by Gasteiger charge is 2.46. The van der Waals surface area contributed by atoms with E-state index in [2.05, 4.69) is 10.5 Å². The van der Waals surface area contributed by atoms with Gasteiger partial charge in [-0.3, -0.25) is 14.7 Å². The summed E-state index contributed by atoms with van der Waals surface area (Å²) < 4.78 is 53.7. The quantitative estimate of drug-likeness (QED) is 0.328. The summed E-state index contributed by atoms with van der Waals surface area (Å²) in [4.78, 5) is 37.8. The predicted molar refractivity (Wildman–Crippen MR) is 133 cm³/mol. The first kappa shape index (κ1) is 24.7. The lowest BCUT2D eigenvalue weighted by Gasteiger charge is -2.20. The van der Waals surface area contributed by atoms with E-state index in [1.54, 1.807) is 42.5 Å². The number of nitrogens with one attached hydrogen (secondary N) is 1. The van der Waals surface area contributed by atoms with Gasteiger partial charge in [-0.05, 0) is 55.0 Å². The number of amides is 2. The number of imidazole rings is 1. The molecule has 1 aliphatic heterocycles. The highest BCUT2D eigenvalue weighted by Crippen LogP contribution is 2.34. The Morgan fingerprint density at radius 3 is 2.54 bits per heavy atom. The Labute approximate surface area is 221 Å². The molecule has 0 unspecified atom stereocenters. The van der Waals surface area contributed by atoms with E-state index < -0.39 is 35.0 Å². The molecule has 0 saturated carbocycles. The first-order chi connectivity index (χ1) is 18.5. The zero-order valence-corrected chi connectivity index (χ0v) is 20.6. The molecular formula is C26H16ClF3N4O5. The van der Waals surface area contributed by atoms with E-state index in [0.29, 0.717) is 27.1 Å². The molecule has 1 N–H and O–H groups in total. The maximum atomic E-state index is 13.8. The Kier molecular flexibility index (Phi) is 5.37. The molecule has 9 nitrogen and oxygen atoms in total. The minimum atomic E-state index is -4.65. The molecule has 5 aromatic rings. The molecule has 2 aromatic heterocycles. The first-order valence-corrected chi connectivity index (χ1v) is 11.9. The Hall–Kier alpha value is -4.58. The van der Waals surface area contributed by atoms with E-state index in [4.69, 9.17) is 20.9 Å². The summed E-state index contributed by atoms with van der Waals surface area (Å²) in [6, 6.07) is 14.0. The van der Waals surface area contributed by atoms with Crippen LogP contribution in [0, 0.1) is 0 Å². The molecule has 0 aliphatic carbocycles. The van der Waals surface area contributed by atoms with Crippen LogP contribution in [0.25, 0.3) is 27.8 Å². The molecule has 1 fully saturated rings. The van der Waals surface area contributed by atoms with E-state index in [1.807, 2.05) is 0 Å². The Balaban J connectivity index is 1.54. The van der Waals surface area contributed by atoms with E-state index in [-0.39, 0.29) is 23.4 Å². The summed E-state index contributed by atoms with van der Waals surface area (Å²) in [5.41, 5.74) is -1.94. The van der Waals surface area contributed by atoms with Crippen LogP contribution in [-0.2, 0) is 27.9 Å². The molecule has 198 valence electrons. The van der Waals surface area contributed by atoms with Gasteiger partial charge in [0.15, 0.2) is 11.4 Å². The number of fused-ring (bicyclic) bond motifs is 2. The van der Waals surface area contributed by atoms with Crippen LogP contribution in [0.2, 0.25) is 5.02 Å². The summed E-state index contributed by atoms with van der Waals surface area (Å²) in [5.74, 6) is -0.596. The summed E-state index contributed by atoms with van der Waals surface area (Å²) in [7, 11) is 0. The van der Waals surface area contributed by atoms with E-state index >= 15 is 0 Å². The second-order valence-corrected chi connectivity index (χ2v) is 9.57. The van der Waals surface area contributed by atoms with Crippen molar-refractivity contribution in [3.8, 4) is 5.82 Å². The highest BCUT2D eigenvalue weighted by molar-refractivity contribution is 6.31. The number of benzene rings is 3. The second-order valence-electron chi connectivity index (χ2n) is 9.13. The van der Waals surface area contributed by atoms with Gasteiger partial charge < -0.3 is 9.26 Å². The molecule has 39 heavy (non-hydrogen) atoms. The third-order valence-electron chi connectivity index (χ3n) is 6.65. The van der Waals surface area contributed by atoms with Crippen molar-refractivity contribution in [3.05, 3.63) is 92.9 Å². The fraction of sp³-hybridized carbons (Fsp3) is 0.154. The van der Waals surface area contributed by atoms with Crippen LogP contribution in [0.5, 0.6) is 0 Å². The van der Waals surface area contributed by atoms with Crippen LogP contribution in [0.15, 0.2) is 70.0 Å². The molecule has 13 heteroatoms. The largest absolute Gasteiger partial charge is 0.428 e. The average molecular weight is 557 g/mol. The maximum Gasteiger partial charge on any atom is 0.416 e. The van der Waals surface area contributed by atoms with Gasteiger partial charge in [0.2, 0.25) is 5.60 Å². The van der Waals surface area contributed by atoms with Gasteiger partial charge in [-0.2, -0.15) is 13.2 Å². The van der Waals surface area contributed by atoms with Crippen LogP contribution < -0.4 is 11.0 Å². The number of halogens is 4. The van der Waals surface area contributed by atoms with Crippen LogP contribution in [0.3, 0.4) is 0 Å². The smallest absolute Gasteiger partial charge is 0.416 e. The molecule has 0 bridgehead atoms. The minimum Gasteiger partial charge on any atom is -0.428 e. The third kappa shape index (κ3) is 3.95. The number of imide groups is 1. The molecule has 3 heterocycles. The molecule has 2 amide bonds. The van der Waals surface area contributed by atoms with Gasteiger partial charge in [0.05, 0.1) is 28.5 Å². The number of aromatic nitrogens is 3. The van der Waals surface area contributed by atoms with Gasteiger partial charge in [-0.25, -0.2) is 14.2 Å². The highest BCUT2D eigenvalue weighted by atomic mass is 35.5. The van der Waals surface area contributed by atoms with E-state index in [0.717, 1.165) is 21.3 Å². The number of carbonyl (C=O) groups is 2. The normalized spacial score (nSPS) is 17.7. The standard InChI is InChI=1S/C26H16ClF3N4O5/c1-25(22(35)31-23(36)38-25)14-4-2-3-13(9-14)12-33-19-10-15(26(28,29)30)5-7-18(19)34(24(33)37)21-17-11-16(27)6-8-20(17)39-32-21/h2-11H,12H2,1H3,(H,31,35,36)/t25-/m1/s1. The molecule has 6 rings (SSSR count). The van der Waals surface area contributed by atoms with Crippen molar-refractivity contribution in [1.82, 2.24) is 19.6 Å². The number of carbonyl (C=O) groups excluding carboxylic acids is 2. The van der Waals surface area contributed by atoms with Crippen molar-refractivity contribution < 1.29 is 32.0 Å². The lowest BCUT2D eigenvalue weighted by atomic mass is 9.94. The Morgan fingerprint density at radius 2 is 1.82 bits per heavy atom. The number of cyclic esters (lactones) is 1. The number of ether oxygens (including phenoxy) is 1. The lowest BCUT2D eigenvalue weighted by molar-refractivity contribution is -0.137. The van der Waals surface area contributed by atoms with E-state index in [9.17, 15) is 27.6 Å². The number of rotatable bonds is 4. The molecule has 1 aliphatic rings. The van der Waals surface area contributed by atoms with E-state index in [1.165, 1.54) is 13.0 Å². The van der Waals surface area contributed by atoms with Gasteiger partial charge >= 0.3 is 18.0 Å². The Bertz CT molecular complexity index is 1890. The maximum absolute atomic E-state index is 13.8. The SMILES string of the molecule is C[C@]1(c2cccc(Cn3c(=O)n(-c4noc5ccc(Cl)cc45)c4ccc(C(F)(F)F)cc43)c2)OC(=O)NC1=O. The number of hydrogen-bond acceptors (Lipinski definition) is 6. The zero-order valence-electron chi connectivity index (χ0n) is 19.9. The fourth-order valence-electron chi connectivity index (χ4n) is 4.66. The first-order valence-electron chi connectivity index (χ1n) is 11.5. The van der Waals surface area contributed by atoms with Gasteiger partial charge in [-0.15, -0.1) is 0 Å². The van der Waals surface area contributed by atoms with Gasteiger partial charge in [-0.1, -0.05) is 35.0 Å². The van der Waals surface area contributed by atoms with Crippen LogP contribution >= 0.6 is 11.6 Å². The van der Waals surface area contributed by atoms with Crippen molar-refractivity contribution in [3.63, 3.8) is 0 Å². The third-order valence-corrected chi connectivity index (χ3v) is 6.88. The lowest BCUT2D eigenvalue weighted by Crippen LogP contribution is -2.33. The molecule has 3 aromatic carbocycles. The molecule has 1 saturated heterocycles. The second kappa shape index (κ2) is 8.46. The van der Waals surface area contributed by atoms with Crippen molar-refractivity contribution in [2.45, 2.75) is 25.2 Å².